The van der Waals surface area contributed by atoms with Gasteiger partial charge in [-0.15, -0.1) is 21.8 Å². The van der Waals surface area contributed by atoms with Gasteiger partial charge < -0.3 is 9.64 Å². The van der Waals surface area contributed by atoms with Gasteiger partial charge in [-0.05, 0) is 13.1 Å². The van der Waals surface area contributed by atoms with Gasteiger partial charge in [-0.1, -0.05) is 25.2 Å². The molecule has 15 heavy (non-hydrogen) atoms. The molecule has 0 fully saturated rings. The van der Waals surface area contributed by atoms with E-state index in [1.54, 1.807) is 0 Å². The largest absolute Gasteiger partial charge is 0.468 e. The molecule has 0 aliphatic heterocycles. The summed E-state index contributed by atoms with van der Waals surface area (Å²) in [6.45, 7) is 7.94. The van der Waals surface area contributed by atoms with Crippen LogP contribution in [0.4, 0.5) is 0 Å². The Bertz CT molecular complexity index is 278. The predicted molar refractivity (Wildman–Crippen MR) is 62.7 cm³/mol. The summed E-state index contributed by atoms with van der Waals surface area (Å²) in [5.41, 5.74) is 0. The van der Waals surface area contributed by atoms with Crippen molar-refractivity contribution in [2.75, 3.05) is 26.2 Å². The van der Waals surface area contributed by atoms with Crippen molar-refractivity contribution in [3.8, 4) is 5.19 Å². The molecular weight excluding hydrogens is 234 g/mol. The highest BCUT2D eigenvalue weighted by Crippen LogP contribution is 2.18. The van der Waals surface area contributed by atoms with Crippen LogP contribution in [0.2, 0.25) is 0 Å². The summed E-state index contributed by atoms with van der Waals surface area (Å²) in [5.74, 6) is 0.400. The Balaban J connectivity index is 2.25. The van der Waals surface area contributed by atoms with Gasteiger partial charge in [-0.3, -0.25) is 0 Å². The molecule has 0 N–H and O–H groups in total. The number of alkyl halides is 1. The molecule has 86 valence electrons. The van der Waals surface area contributed by atoms with Crippen LogP contribution >= 0.6 is 22.9 Å². The van der Waals surface area contributed by atoms with Crippen molar-refractivity contribution in [3.05, 3.63) is 5.01 Å². The summed E-state index contributed by atoms with van der Waals surface area (Å²) in [6.07, 6.45) is 0. The van der Waals surface area contributed by atoms with E-state index >= 15 is 0 Å². The Morgan fingerprint density at radius 1 is 1.33 bits per heavy atom. The van der Waals surface area contributed by atoms with Gasteiger partial charge in [0.2, 0.25) is 0 Å². The molecule has 0 radical (unpaired) electrons. The third-order valence-electron chi connectivity index (χ3n) is 2.09. The molecule has 0 saturated carbocycles. The second kappa shape index (κ2) is 6.98. The SMILES string of the molecule is CCN(CC)CCOc1nnc(CCl)s1. The summed E-state index contributed by atoms with van der Waals surface area (Å²) < 4.78 is 5.47. The van der Waals surface area contributed by atoms with Crippen molar-refractivity contribution < 1.29 is 4.74 Å². The highest BCUT2D eigenvalue weighted by Gasteiger charge is 2.04. The van der Waals surface area contributed by atoms with Crippen LogP contribution in [0.1, 0.15) is 18.9 Å². The first-order valence-corrected chi connectivity index (χ1v) is 6.38. The van der Waals surface area contributed by atoms with Gasteiger partial charge in [0.05, 0.1) is 5.88 Å². The molecule has 0 bridgehead atoms. The van der Waals surface area contributed by atoms with E-state index in [9.17, 15) is 0 Å². The van der Waals surface area contributed by atoms with Crippen LogP contribution in [-0.2, 0) is 5.88 Å². The molecule has 0 aliphatic rings. The van der Waals surface area contributed by atoms with Crippen molar-refractivity contribution in [2.45, 2.75) is 19.7 Å². The summed E-state index contributed by atoms with van der Waals surface area (Å²) in [6, 6.07) is 0. The van der Waals surface area contributed by atoms with E-state index in [4.69, 9.17) is 16.3 Å². The lowest BCUT2D eigenvalue weighted by Crippen LogP contribution is -2.27. The molecule has 4 nitrogen and oxygen atoms in total. The van der Waals surface area contributed by atoms with Crippen LogP contribution in [0.15, 0.2) is 0 Å². The number of nitrogens with zero attached hydrogens (tertiary/aromatic N) is 3. The average Bonchev–Trinajstić information content (AvgIpc) is 2.72. The molecule has 0 aliphatic carbocycles. The number of hydrogen-bond donors (Lipinski definition) is 0. The first-order valence-electron chi connectivity index (χ1n) is 5.03. The minimum atomic E-state index is 0.400. The third kappa shape index (κ3) is 4.32. The Morgan fingerprint density at radius 2 is 2.07 bits per heavy atom. The van der Waals surface area contributed by atoms with Gasteiger partial charge in [0.25, 0.3) is 5.19 Å². The molecule has 0 unspecified atom stereocenters. The minimum absolute atomic E-state index is 0.400. The zero-order chi connectivity index (χ0) is 11.1. The first kappa shape index (κ1) is 12.7. The number of halogens is 1. The lowest BCUT2D eigenvalue weighted by atomic mass is 10.5. The Kier molecular flexibility index (Phi) is 5.90. The molecule has 0 amide bonds. The zero-order valence-corrected chi connectivity index (χ0v) is 10.6. The van der Waals surface area contributed by atoms with E-state index in [1.807, 2.05) is 0 Å². The summed E-state index contributed by atoms with van der Waals surface area (Å²) in [7, 11) is 0. The second-order valence-corrected chi connectivity index (χ2v) is 4.26. The van der Waals surface area contributed by atoms with Crippen LogP contribution < -0.4 is 4.74 Å². The standard InChI is InChI=1S/C9H16ClN3OS/c1-3-13(4-2)5-6-14-9-12-11-8(7-10)15-9/h3-7H2,1-2H3. The molecule has 0 aromatic carbocycles. The van der Waals surface area contributed by atoms with Crippen molar-refractivity contribution in [2.24, 2.45) is 0 Å². The molecule has 0 atom stereocenters. The predicted octanol–water partition coefficient (Wildman–Crippen LogP) is 2.00. The Hall–Kier alpha value is -0.390. The Morgan fingerprint density at radius 3 is 2.60 bits per heavy atom. The topological polar surface area (TPSA) is 38.2 Å². The van der Waals surface area contributed by atoms with E-state index in [2.05, 4.69) is 28.9 Å². The van der Waals surface area contributed by atoms with Gasteiger partial charge in [-0.2, -0.15) is 0 Å². The van der Waals surface area contributed by atoms with Crippen molar-refractivity contribution in [1.29, 1.82) is 0 Å². The smallest absolute Gasteiger partial charge is 0.294 e. The van der Waals surface area contributed by atoms with Crippen molar-refractivity contribution >= 4 is 22.9 Å². The fraction of sp³-hybridized carbons (Fsp3) is 0.778. The zero-order valence-electron chi connectivity index (χ0n) is 9.07. The molecule has 0 saturated heterocycles. The highest BCUT2D eigenvalue weighted by atomic mass is 35.5. The molecule has 1 aromatic heterocycles. The van der Waals surface area contributed by atoms with Gasteiger partial charge in [-0.25, -0.2) is 0 Å². The number of hydrogen-bond acceptors (Lipinski definition) is 5. The van der Waals surface area contributed by atoms with Crippen LogP contribution in [0, 0.1) is 0 Å². The maximum absolute atomic E-state index is 5.61. The van der Waals surface area contributed by atoms with Crippen LogP contribution in [-0.4, -0.2) is 41.3 Å². The summed E-state index contributed by atoms with van der Waals surface area (Å²) in [5, 5.41) is 9.16. The third-order valence-corrected chi connectivity index (χ3v) is 3.34. The first-order chi connectivity index (χ1) is 7.30. The summed E-state index contributed by atoms with van der Waals surface area (Å²) in [4.78, 5) is 2.30. The number of ether oxygens (including phenoxy) is 1. The van der Waals surface area contributed by atoms with E-state index in [-0.39, 0.29) is 0 Å². The van der Waals surface area contributed by atoms with E-state index in [1.165, 1.54) is 11.3 Å². The molecule has 6 heteroatoms. The van der Waals surface area contributed by atoms with E-state index in [0.717, 1.165) is 24.6 Å². The maximum Gasteiger partial charge on any atom is 0.294 e. The van der Waals surface area contributed by atoms with Crippen molar-refractivity contribution in [3.63, 3.8) is 0 Å². The minimum Gasteiger partial charge on any atom is -0.468 e. The normalized spacial score (nSPS) is 10.9. The molecule has 1 rings (SSSR count). The molecule has 0 spiro atoms. The fourth-order valence-electron chi connectivity index (χ4n) is 1.15. The monoisotopic (exact) mass is 249 g/mol. The van der Waals surface area contributed by atoms with E-state index < -0.39 is 0 Å². The maximum atomic E-state index is 5.61. The fourth-order valence-corrected chi connectivity index (χ4v) is 1.93. The van der Waals surface area contributed by atoms with Crippen LogP contribution in [0.3, 0.4) is 0 Å². The lowest BCUT2D eigenvalue weighted by molar-refractivity contribution is 0.221. The van der Waals surface area contributed by atoms with Crippen molar-refractivity contribution in [1.82, 2.24) is 15.1 Å². The average molecular weight is 250 g/mol. The molecule has 1 heterocycles. The quantitative estimate of drug-likeness (QED) is 0.693. The van der Waals surface area contributed by atoms with Crippen LogP contribution in [0.5, 0.6) is 5.19 Å². The number of aromatic nitrogens is 2. The Labute approximate surface area is 99.2 Å². The second-order valence-electron chi connectivity index (χ2n) is 2.97. The highest BCUT2D eigenvalue weighted by molar-refractivity contribution is 7.13. The van der Waals surface area contributed by atoms with Gasteiger partial charge in [0.1, 0.15) is 11.6 Å². The summed E-state index contributed by atoms with van der Waals surface area (Å²) >= 11 is 7.02. The molecule has 1 aromatic rings. The molecular formula is C9H16ClN3OS. The van der Waals surface area contributed by atoms with Crippen LogP contribution in [0.25, 0.3) is 0 Å². The number of likely N-dealkylation sites (N-methyl/N-ethyl adjacent to an activating group) is 1. The van der Waals surface area contributed by atoms with Gasteiger partial charge in [0, 0.05) is 6.54 Å². The van der Waals surface area contributed by atoms with Gasteiger partial charge >= 0.3 is 0 Å². The lowest BCUT2D eigenvalue weighted by Gasteiger charge is -2.16. The number of rotatable bonds is 7. The van der Waals surface area contributed by atoms with Gasteiger partial charge in [0.15, 0.2) is 0 Å². The van der Waals surface area contributed by atoms with E-state index in [0.29, 0.717) is 17.7 Å².